The van der Waals surface area contributed by atoms with Crippen molar-refractivity contribution < 1.29 is 48.7 Å². The highest BCUT2D eigenvalue weighted by atomic mass is 16.6. The van der Waals surface area contributed by atoms with Gasteiger partial charge in [0.1, 0.15) is 19.8 Å². The summed E-state index contributed by atoms with van der Waals surface area (Å²) in [6, 6.07) is 0. The molecule has 0 rings (SSSR count). The van der Waals surface area contributed by atoms with Gasteiger partial charge in [0.2, 0.25) is 0 Å². The standard InChI is InChI=1S/C47H88O10/c1-2-3-4-5-6-7-8-9-11-14-17-20-23-26-29-35-44(52)55-40-47(39-49,42-57-46(54)37-32-31-34-43(50)51)41-56-45(53)36-30-27-24-21-18-15-12-10-13-16-19-22-25-28-33-38-48/h48-49H,2-42H2,1H3,(H,50,51). The number of ether oxygens (including phenoxy) is 3. The quantitative estimate of drug-likeness (QED) is 0.0307. The lowest BCUT2D eigenvalue weighted by Crippen LogP contribution is -2.42. The van der Waals surface area contributed by atoms with Crippen LogP contribution in [0.5, 0.6) is 0 Å². The second kappa shape index (κ2) is 41.9. The average Bonchev–Trinajstić information content (AvgIpc) is 3.20. The number of carboxylic acid groups (broad SMARTS) is 1. The van der Waals surface area contributed by atoms with E-state index >= 15 is 0 Å². The fraction of sp³-hybridized carbons (Fsp3) is 0.915. The first-order chi connectivity index (χ1) is 27.8. The van der Waals surface area contributed by atoms with E-state index in [1.165, 1.54) is 135 Å². The van der Waals surface area contributed by atoms with Crippen molar-refractivity contribution in [2.45, 2.75) is 238 Å². The Balaban J connectivity index is 4.39. The minimum Gasteiger partial charge on any atom is -0.481 e. The van der Waals surface area contributed by atoms with Crippen LogP contribution in [0, 0.1) is 5.41 Å². The third kappa shape index (κ3) is 39.1. The van der Waals surface area contributed by atoms with Crippen LogP contribution in [0.2, 0.25) is 0 Å². The van der Waals surface area contributed by atoms with Crippen molar-refractivity contribution in [3.8, 4) is 0 Å². The zero-order chi connectivity index (χ0) is 41.9. The van der Waals surface area contributed by atoms with Crippen LogP contribution in [0.4, 0.5) is 0 Å². The maximum atomic E-state index is 12.6. The molecule has 3 N–H and O–H groups in total. The lowest BCUT2D eigenvalue weighted by atomic mass is 9.92. The van der Waals surface area contributed by atoms with E-state index in [2.05, 4.69) is 6.92 Å². The Labute approximate surface area is 348 Å². The number of esters is 3. The summed E-state index contributed by atoms with van der Waals surface area (Å²) >= 11 is 0. The number of aliphatic carboxylic acids is 1. The Morgan fingerprint density at radius 2 is 0.614 bits per heavy atom. The molecule has 336 valence electrons. The highest BCUT2D eigenvalue weighted by molar-refractivity contribution is 5.70. The summed E-state index contributed by atoms with van der Waals surface area (Å²) in [5, 5.41) is 28.1. The van der Waals surface area contributed by atoms with E-state index in [1.807, 2.05) is 0 Å². The molecule has 10 heteroatoms. The van der Waals surface area contributed by atoms with E-state index in [-0.39, 0.29) is 45.5 Å². The minimum atomic E-state index is -1.28. The van der Waals surface area contributed by atoms with Crippen molar-refractivity contribution in [3.05, 3.63) is 0 Å². The third-order valence-electron chi connectivity index (χ3n) is 11.0. The number of hydrogen-bond donors (Lipinski definition) is 3. The van der Waals surface area contributed by atoms with E-state index in [0.717, 1.165) is 51.4 Å². The van der Waals surface area contributed by atoms with Gasteiger partial charge in [-0.2, -0.15) is 0 Å². The van der Waals surface area contributed by atoms with Crippen molar-refractivity contribution in [2.24, 2.45) is 5.41 Å². The van der Waals surface area contributed by atoms with Gasteiger partial charge < -0.3 is 29.5 Å². The number of carbonyl (C=O) groups is 4. The topological polar surface area (TPSA) is 157 Å². The summed E-state index contributed by atoms with van der Waals surface area (Å²) in [5.74, 6) is -2.26. The molecule has 0 aliphatic rings. The summed E-state index contributed by atoms with van der Waals surface area (Å²) < 4.78 is 16.5. The molecule has 1 atom stereocenters. The van der Waals surface area contributed by atoms with Crippen LogP contribution in [-0.4, -0.2) is 72.2 Å². The number of carboxylic acids is 1. The highest BCUT2D eigenvalue weighted by Crippen LogP contribution is 2.22. The molecule has 0 bridgehead atoms. The first kappa shape index (κ1) is 54.8. The van der Waals surface area contributed by atoms with Crippen LogP contribution < -0.4 is 0 Å². The monoisotopic (exact) mass is 813 g/mol. The normalized spacial score (nSPS) is 12.3. The molecule has 0 aromatic rings. The van der Waals surface area contributed by atoms with Gasteiger partial charge in [0, 0.05) is 32.3 Å². The molecule has 0 spiro atoms. The number of aliphatic hydroxyl groups is 2. The molecule has 10 nitrogen and oxygen atoms in total. The van der Waals surface area contributed by atoms with Crippen LogP contribution in [0.25, 0.3) is 0 Å². The first-order valence-electron chi connectivity index (χ1n) is 23.7. The Hall–Kier alpha value is -2.20. The number of unbranched alkanes of at least 4 members (excludes halogenated alkanes) is 29. The van der Waals surface area contributed by atoms with Crippen molar-refractivity contribution in [2.75, 3.05) is 33.0 Å². The molecular formula is C47H88O10. The first-order valence-corrected chi connectivity index (χ1v) is 23.7. The van der Waals surface area contributed by atoms with Crippen LogP contribution in [-0.2, 0) is 33.4 Å². The molecule has 0 amide bonds. The fourth-order valence-corrected chi connectivity index (χ4v) is 7.04. The van der Waals surface area contributed by atoms with Crippen molar-refractivity contribution >= 4 is 23.9 Å². The molecule has 0 fully saturated rings. The molecule has 0 saturated carbocycles. The molecule has 0 aromatic heterocycles. The van der Waals surface area contributed by atoms with Gasteiger partial charge in [-0.05, 0) is 32.1 Å². The minimum absolute atomic E-state index is 0.0286. The molecule has 1 unspecified atom stereocenters. The molecule has 0 radical (unpaired) electrons. The maximum Gasteiger partial charge on any atom is 0.305 e. The summed E-state index contributed by atoms with van der Waals surface area (Å²) in [7, 11) is 0. The van der Waals surface area contributed by atoms with Crippen LogP contribution in [0.15, 0.2) is 0 Å². The Bertz CT molecular complexity index is 941. The van der Waals surface area contributed by atoms with Gasteiger partial charge in [-0.15, -0.1) is 0 Å². The Kier molecular flexibility index (Phi) is 40.3. The zero-order valence-corrected chi connectivity index (χ0v) is 36.7. The van der Waals surface area contributed by atoms with E-state index in [0.29, 0.717) is 25.9 Å². The molecular weight excluding hydrogens is 725 g/mol. The summed E-state index contributed by atoms with van der Waals surface area (Å²) in [5.41, 5.74) is -1.28. The van der Waals surface area contributed by atoms with Gasteiger partial charge >= 0.3 is 23.9 Å². The molecule has 0 aromatic carbocycles. The number of carbonyl (C=O) groups excluding carboxylic acids is 3. The predicted octanol–water partition coefficient (Wildman–Crippen LogP) is 11.7. The van der Waals surface area contributed by atoms with Gasteiger partial charge in [0.05, 0.1) is 12.0 Å². The lowest BCUT2D eigenvalue weighted by molar-refractivity contribution is -0.165. The highest BCUT2D eigenvalue weighted by Gasteiger charge is 2.35. The lowest BCUT2D eigenvalue weighted by Gasteiger charge is -2.30. The molecule has 0 heterocycles. The van der Waals surface area contributed by atoms with Crippen LogP contribution in [0.3, 0.4) is 0 Å². The van der Waals surface area contributed by atoms with Crippen LogP contribution >= 0.6 is 0 Å². The van der Waals surface area contributed by atoms with Gasteiger partial charge in [0.15, 0.2) is 0 Å². The van der Waals surface area contributed by atoms with Gasteiger partial charge in [-0.1, -0.05) is 180 Å². The SMILES string of the molecule is CCCCCCCCCCCCCCCCCC(=O)OCC(CO)(COC(=O)CCCCCCCCCCCCCCCCCO)COC(=O)CCCCC(=O)O. The smallest absolute Gasteiger partial charge is 0.305 e. The number of hydrogen-bond acceptors (Lipinski definition) is 9. The van der Waals surface area contributed by atoms with Crippen LogP contribution in [0.1, 0.15) is 238 Å². The fourth-order valence-electron chi connectivity index (χ4n) is 7.04. The molecule has 0 saturated heterocycles. The average molecular weight is 813 g/mol. The largest absolute Gasteiger partial charge is 0.481 e. The third-order valence-corrected chi connectivity index (χ3v) is 11.0. The zero-order valence-electron chi connectivity index (χ0n) is 36.7. The Morgan fingerprint density at radius 3 is 0.877 bits per heavy atom. The maximum absolute atomic E-state index is 12.6. The summed E-state index contributed by atoms with van der Waals surface area (Å²) in [6.45, 7) is 1.28. The van der Waals surface area contributed by atoms with Gasteiger partial charge in [0.25, 0.3) is 0 Å². The van der Waals surface area contributed by atoms with Crippen molar-refractivity contribution in [1.29, 1.82) is 0 Å². The van der Waals surface area contributed by atoms with Crippen molar-refractivity contribution in [3.63, 3.8) is 0 Å². The van der Waals surface area contributed by atoms with E-state index in [4.69, 9.17) is 24.4 Å². The van der Waals surface area contributed by atoms with E-state index in [1.54, 1.807) is 0 Å². The number of rotatable bonds is 45. The Morgan fingerprint density at radius 1 is 0.368 bits per heavy atom. The van der Waals surface area contributed by atoms with E-state index in [9.17, 15) is 24.3 Å². The molecule has 0 aliphatic heterocycles. The summed E-state index contributed by atoms with van der Waals surface area (Å²) in [4.78, 5) is 48.5. The van der Waals surface area contributed by atoms with Gasteiger partial charge in [-0.3, -0.25) is 19.2 Å². The number of aliphatic hydroxyl groups excluding tert-OH is 2. The van der Waals surface area contributed by atoms with Crippen molar-refractivity contribution in [1.82, 2.24) is 0 Å². The second-order valence-corrected chi connectivity index (χ2v) is 16.7. The summed E-state index contributed by atoms with van der Waals surface area (Å²) in [6.07, 6.45) is 37.1. The van der Waals surface area contributed by atoms with E-state index < -0.39 is 35.9 Å². The second-order valence-electron chi connectivity index (χ2n) is 16.7. The molecule has 0 aliphatic carbocycles. The van der Waals surface area contributed by atoms with Gasteiger partial charge in [-0.25, -0.2) is 0 Å². The predicted molar refractivity (Wildman–Crippen MR) is 229 cm³/mol. The molecule has 57 heavy (non-hydrogen) atoms.